The van der Waals surface area contributed by atoms with Gasteiger partial charge in [-0.1, -0.05) is 0 Å². The standard InChI is InChI=1S/C13H13N3O2/c1-16(9-10-4-6-14-7-5-10)13(18)11-2-3-12(17)15-8-11/h2-8H,9H2,1H3,(H,15,17). The third kappa shape index (κ3) is 2.82. The van der Waals surface area contributed by atoms with E-state index in [0.717, 1.165) is 5.56 Å². The third-order valence-corrected chi connectivity index (χ3v) is 2.55. The molecule has 2 aromatic heterocycles. The number of pyridine rings is 2. The van der Waals surface area contributed by atoms with Gasteiger partial charge >= 0.3 is 0 Å². The van der Waals surface area contributed by atoms with Crippen LogP contribution in [0.3, 0.4) is 0 Å². The van der Waals surface area contributed by atoms with Crippen molar-refractivity contribution in [1.29, 1.82) is 0 Å². The van der Waals surface area contributed by atoms with Gasteiger partial charge in [-0.25, -0.2) is 0 Å². The Morgan fingerprint density at radius 1 is 1.28 bits per heavy atom. The normalized spacial score (nSPS) is 10.1. The zero-order chi connectivity index (χ0) is 13.0. The number of aromatic nitrogens is 2. The Morgan fingerprint density at radius 3 is 2.61 bits per heavy atom. The van der Waals surface area contributed by atoms with E-state index in [4.69, 9.17) is 0 Å². The van der Waals surface area contributed by atoms with Gasteiger partial charge in [0.1, 0.15) is 0 Å². The summed E-state index contributed by atoms with van der Waals surface area (Å²) in [7, 11) is 1.72. The first-order valence-electron chi connectivity index (χ1n) is 5.50. The lowest BCUT2D eigenvalue weighted by atomic mass is 10.2. The monoisotopic (exact) mass is 243 g/mol. The predicted octanol–water partition coefficient (Wildman–Crippen LogP) is 1.04. The number of aromatic amines is 1. The predicted molar refractivity (Wildman–Crippen MR) is 67.1 cm³/mol. The molecule has 0 aromatic carbocycles. The van der Waals surface area contributed by atoms with Gasteiger partial charge in [0.15, 0.2) is 0 Å². The Hall–Kier alpha value is -2.43. The van der Waals surface area contributed by atoms with Crippen molar-refractivity contribution in [1.82, 2.24) is 14.9 Å². The summed E-state index contributed by atoms with van der Waals surface area (Å²) in [6.45, 7) is 0.500. The maximum atomic E-state index is 12.0. The van der Waals surface area contributed by atoms with E-state index in [1.807, 2.05) is 12.1 Å². The SMILES string of the molecule is CN(Cc1ccncc1)C(=O)c1ccc(=O)[nH]c1. The fourth-order valence-electron chi connectivity index (χ4n) is 1.60. The van der Waals surface area contributed by atoms with Gasteiger partial charge in [0, 0.05) is 38.2 Å². The summed E-state index contributed by atoms with van der Waals surface area (Å²) in [5.41, 5.74) is 1.25. The largest absolute Gasteiger partial charge is 0.337 e. The second-order valence-corrected chi connectivity index (χ2v) is 3.96. The lowest BCUT2D eigenvalue weighted by Gasteiger charge is -2.16. The van der Waals surface area contributed by atoms with Crippen molar-refractivity contribution >= 4 is 5.91 Å². The zero-order valence-corrected chi connectivity index (χ0v) is 9.96. The molecule has 0 aliphatic carbocycles. The van der Waals surface area contributed by atoms with Gasteiger partial charge in [-0.15, -0.1) is 0 Å². The first-order valence-corrected chi connectivity index (χ1v) is 5.50. The van der Waals surface area contributed by atoms with Crippen LogP contribution in [0.1, 0.15) is 15.9 Å². The highest BCUT2D eigenvalue weighted by molar-refractivity contribution is 5.93. The minimum absolute atomic E-state index is 0.136. The van der Waals surface area contributed by atoms with Crippen LogP contribution in [-0.4, -0.2) is 27.8 Å². The highest BCUT2D eigenvalue weighted by Gasteiger charge is 2.11. The summed E-state index contributed by atoms with van der Waals surface area (Å²) < 4.78 is 0. The molecule has 0 spiro atoms. The number of carbonyl (C=O) groups is 1. The molecule has 92 valence electrons. The van der Waals surface area contributed by atoms with E-state index >= 15 is 0 Å². The average Bonchev–Trinajstić information content (AvgIpc) is 2.40. The summed E-state index contributed by atoms with van der Waals surface area (Å²) >= 11 is 0. The number of carbonyl (C=O) groups excluding carboxylic acids is 1. The Morgan fingerprint density at radius 2 is 2.00 bits per heavy atom. The number of nitrogens with zero attached hydrogens (tertiary/aromatic N) is 2. The van der Waals surface area contributed by atoms with Gasteiger partial charge in [0.05, 0.1) is 5.56 Å². The molecule has 2 heterocycles. The zero-order valence-electron chi connectivity index (χ0n) is 9.96. The second kappa shape index (κ2) is 5.27. The maximum Gasteiger partial charge on any atom is 0.255 e. The Balaban J connectivity index is 2.09. The summed E-state index contributed by atoms with van der Waals surface area (Å²) in [4.78, 5) is 31.0. The van der Waals surface area contributed by atoms with E-state index in [9.17, 15) is 9.59 Å². The summed E-state index contributed by atoms with van der Waals surface area (Å²) in [6, 6.07) is 6.57. The molecule has 0 aliphatic heterocycles. The molecule has 5 nitrogen and oxygen atoms in total. The van der Waals surface area contributed by atoms with Crippen LogP contribution in [0.5, 0.6) is 0 Å². The van der Waals surface area contributed by atoms with Crippen molar-refractivity contribution in [2.45, 2.75) is 6.54 Å². The summed E-state index contributed by atoms with van der Waals surface area (Å²) in [5.74, 6) is -0.136. The highest BCUT2D eigenvalue weighted by atomic mass is 16.2. The highest BCUT2D eigenvalue weighted by Crippen LogP contribution is 2.05. The minimum atomic E-state index is -0.219. The van der Waals surface area contributed by atoms with Crippen molar-refractivity contribution in [3.05, 3.63) is 64.3 Å². The van der Waals surface area contributed by atoms with E-state index in [1.54, 1.807) is 24.3 Å². The van der Waals surface area contributed by atoms with E-state index in [-0.39, 0.29) is 11.5 Å². The van der Waals surface area contributed by atoms with Crippen LogP contribution in [0.25, 0.3) is 0 Å². The Bertz CT molecular complexity index is 572. The molecule has 1 N–H and O–H groups in total. The molecular formula is C13H13N3O2. The van der Waals surface area contributed by atoms with Crippen molar-refractivity contribution < 1.29 is 4.79 Å². The smallest absolute Gasteiger partial charge is 0.255 e. The van der Waals surface area contributed by atoms with Crippen LogP contribution >= 0.6 is 0 Å². The van der Waals surface area contributed by atoms with Gasteiger partial charge in [0.2, 0.25) is 5.56 Å². The van der Waals surface area contributed by atoms with Crippen LogP contribution in [0.15, 0.2) is 47.7 Å². The molecule has 2 aromatic rings. The number of rotatable bonds is 3. The molecule has 0 aliphatic rings. The first kappa shape index (κ1) is 12.0. The lowest BCUT2D eigenvalue weighted by Crippen LogP contribution is -2.26. The van der Waals surface area contributed by atoms with E-state index in [2.05, 4.69) is 9.97 Å². The van der Waals surface area contributed by atoms with Crippen LogP contribution in [0, 0.1) is 0 Å². The van der Waals surface area contributed by atoms with E-state index in [0.29, 0.717) is 12.1 Å². The molecule has 0 fully saturated rings. The number of H-pyrrole nitrogens is 1. The number of amides is 1. The molecule has 18 heavy (non-hydrogen) atoms. The van der Waals surface area contributed by atoms with Crippen LogP contribution in [0.2, 0.25) is 0 Å². The first-order chi connectivity index (χ1) is 8.66. The van der Waals surface area contributed by atoms with Gasteiger partial charge in [-0.2, -0.15) is 0 Å². The van der Waals surface area contributed by atoms with Crippen LogP contribution in [-0.2, 0) is 6.54 Å². The molecular weight excluding hydrogens is 230 g/mol. The second-order valence-electron chi connectivity index (χ2n) is 3.96. The quantitative estimate of drug-likeness (QED) is 0.876. The molecule has 0 atom stereocenters. The van der Waals surface area contributed by atoms with Gasteiger partial charge in [-0.3, -0.25) is 14.6 Å². The molecule has 5 heteroatoms. The molecule has 0 bridgehead atoms. The number of hydrogen-bond donors (Lipinski definition) is 1. The lowest BCUT2D eigenvalue weighted by molar-refractivity contribution is 0.0784. The molecule has 0 unspecified atom stereocenters. The third-order valence-electron chi connectivity index (χ3n) is 2.55. The molecule has 1 amide bonds. The van der Waals surface area contributed by atoms with Crippen molar-refractivity contribution in [3.8, 4) is 0 Å². The number of nitrogens with one attached hydrogen (secondary N) is 1. The molecule has 0 radical (unpaired) electrons. The summed E-state index contributed by atoms with van der Waals surface area (Å²) in [6.07, 6.45) is 4.80. The van der Waals surface area contributed by atoms with Gasteiger partial charge < -0.3 is 9.88 Å². The van der Waals surface area contributed by atoms with Crippen molar-refractivity contribution in [3.63, 3.8) is 0 Å². The van der Waals surface area contributed by atoms with Crippen LogP contribution < -0.4 is 5.56 Å². The topological polar surface area (TPSA) is 66.1 Å². The van der Waals surface area contributed by atoms with Crippen molar-refractivity contribution in [2.24, 2.45) is 0 Å². The fraction of sp³-hybridized carbons (Fsp3) is 0.154. The minimum Gasteiger partial charge on any atom is -0.337 e. The Labute approximate surface area is 104 Å². The van der Waals surface area contributed by atoms with Gasteiger partial charge in [-0.05, 0) is 23.8 Å². The maximum absolute atomic E-state index is 12.0. The fourth-order valence-corrected chi connectivity index (χ4v) is 1.60. The Kier molecular flexibility index (Phi) is 3.52. The van der Waals surface area contributed by atoms with Crippen molar-refractivity contribution in [2.75, 3.05) is 7.05 Å². The van der Waals surface area contributed by atoms with E-state index in [1.165, 1.54) is 18.3 Å². The summed E-state index contributed by atoms with van der Waals surface area (Å²) in [5, 5.41) is 0. The average molecular weight is 243 g/mol. The molecule has 2 rings (SSSR count). The van der Waals surface area contributed by atoms with E-state index < -0.39 is 0 Å². The van der Waals surface area contributed by atoms with Crippen LogP contribution in [0.4, 0.5) is 0 Å². The molecule has 0 saturated carbocycles. The van der Waals surface area contributed by atoms with Gasteiger partial charge in [0.25, 0.3) is 5.91 Å². The number of hydrogen-bond acceptors (Lipinski definition) is 3. The molecule has 0 saturated heterocycles.